The monoisotopic (exact) mass is 887 g/mol. The molecule has 0 radical (unpaired) electrons. The van der Waals surface area contributed by atoms with Crippen molar-refractivity contribution in [1.29, 1.82) is 0 Å². The number of hydrogen-bond donors (Lipinski definition) is 1. The maximum absolute atomic E-state index is 12.9. The number of rotatable bonds is 48. The van der Waals surface area contributed by atoms with E-state index in [4.69, 9.17) is 9.47 Å². The predicted molar refractivity (Wildman–Crippen MR) is 269 cm³/mol. The van der Waals surface area contributed by atoms with Crippen molar-refractivity contribution in [2.45, 2.75) is 291 Å². The second-order valence-electron chi connectivity index (χ2n) is 19.1. The minimum atomic E-state index is -0.348. The van der Waals surface area contributed by atoms with Gasteiger partial charge < -0.3 is 19.7 Å². The highest BCUT2D eigenvalue weighted by Crippen LogP contribution is 2.19. The molecule has 0 aliphatic heterocycles. The smallest absolute Gasteiger partial charge is 0.306 e. The van der Waals surface area contributed by atoms with E-state index >= 15 is 0 Å². The number of carbonyl (C=O) groups excluding carboxylic acids is 2. The molecule has 0 aliphatic rings. The summed E-state index contributed by atoms with van der Waals surface area (Å²) in [7, 11) is 0. The Morgan fingerprint density at radius 3 is 1.29 bits per heavy atom. The van der Waals surface area contributed by atoms with Crippen LogP contribution >= 0.6 is 0 Å². The maximum atomic E-state index is 12.9. The van der Waals surface area contributed by atoms with E-state index in [0.717, 1.165) is 135 Å². The summed E-state index contributed by atoms with van der Waals surface area (Å²) in [4.78, 5) is 52.4. The van der Waals surface area contributed by atoms with Crippen LogP contribution in [0.1, 0.15) is 278 Å². The molecule has 368 valence electrons. The van der Waals surface area contributed by atoms with Crippen LogP contribution in [0.3, 0.4) is 0 Å². The van der Waals surface area contributed by atoms with Gasteiger partial charge in [0.15, 0.2) is 0 Å². The van der Waals surface area contributed by atoms with Gasteiger partial charge >= 0.3 is 11.9 Å². The predicted octanol–water partition coefficient (Wildman–Crippen LogP) is 14.9. The third-order valence-electron chi connectivity index (χ3n) is 13.1. The molecule has 0 aliphatic carbocycles. The number of carbonyl (C=O) groups is 2. The fourth-order valence-electron chi connectivity index (χ4n) is 8.89. The Labute approximate surface area is 388 Å². The first-order valence-electron chi connectivity index (χ1n) is 27.5. The Hall–Kier alpha value is -2.22. The van der Waals surface area contributed by atoms with Gasteiger partial charge in [-0.25, -0.2) is 0 Å². The van der Waals surface area contributed by atoms with Crippen LogP contribution in [-0.2, 0) is 25.5 Å². The Morgan fingerprint density at radius 2 is 0.825 bits per heavy atom. The second kappa shape index (κ2) is 42.4. The summed E-state index contributed by atoms with van der Waals surface area (Å²) in [5.74, 6) is -0.0261. The van der Waals surface area contributed by atoms with Crippen LogP contribution < -0.4 is 16.2 Å². The SMILES string of the molecule is CCCCCCCCC(CC)OC(=O)CCCCCCCN(CCCCCCCC(=O)OC(CCCCCCCC)CCCCCCCC)CCCNc1c(CCCC)c(=O)c1=O. The van der Waals surface area contributed by atoms with Gasteiger partial charge in [-0.3, -0.25) is 19.2 Å². The van der Waals surface area contributed by atoms with E-state index in [2.05, 4.69) is 44.8 Å². The molecule has 1 N–H and O–H groups in total. The second-order valence-corrected chi connectivity index (χ2v) is 19.1. The molecule has 0 fully saturated rings. The summed E-state index contributed by atoms with van der Waals surface area (Å²) < 4.78 is 11.9. The van der Waals surface area contributed by atoms with E-state index in [1.165, 1.54) is 109 Å². The number of esters is 2. The van der Waals surface area contributed by atoms with Crippen molar-refractivity contribution in [3.63, 3.8) is 0 Å². The average molecular weight is 887 g/mol. The first-order chi connectivity index (χ1) is 30.8. The zero-order valence-corrected chi connectivity index (χ0v) is 42.2. The summed E-state index contributed by atoms with van der Waals surface area (Å²) in [5.41, 5.74) is 0.604. The largest absolute Gasteiger partial charge is 0.462 e. The summed E-state index contributed by atoms with van der Waals surface area (Å²) in [6.07, 6.45) is 42.3. The standard InChI is InChI=1S/C55H102N2O6/c1-6-11-15-18-23-30-38-48(10-5)62-51(58)42-33-26-21-28-35-45-57(47-37-44-56-53-50(41-14-9-4)54(60)55(53)61)46-36-29-22-27-34-43-52(59)63-49(39-31-24-19-16-12-7-2)40-32-25-20-17-13-8-3/h48-49,56H,6-47H2,1-5H3. The minimum Gasteiger partial charge on any atom is -0.462 e. The molecule has 63 heavy (non-hydrogen) atoms. The molecule has 1 atom stereocenters. The topological polar surface area (TPSA) is 102 Å². The molecule has 8 nitrogen and oxygen atoms in total. The lowest BCUT2D eigenvalue weighted by Crippen LogP contribution is -2.39. The van der Waals surface area contributed by atoms with Crippen LogP contribution in [0.25, 0.3) is 0 Å². The van der Waals surface area contributed by atoms with Gasteiger partial charge in [0.25, 0.3) is 0 Å². The molecule has 1 unspecified atom stereocenters. The highest BCUT2D eigenvalue weighted by Gasteiger charge is 2.20. The van der Waals surface area contributed by atoms with Crippen molar-refractivity contribution in [1.82, 2.24) is 4.90 Å². The van der Waals surface area contributed by atoms with Gasteiger partial charge in [-0.2, -0.15) is 0 Å². The van der Waals surface area contributed by atoms with Gasteiger partial charge in [0.05, 0.1) is 5.69 Å². The molecule has 0 saturated carbocycles. The van der Waals surface area contributed by atoms with E-state index in [1.807, 2.05) is 0 Å². The summed E-state index contributed by atoms with van der Waals surface area (Å²) in [6.45, 7) is 14.7. The molecular formula is C55H102N2O6. The Balaban J connectivity index is 2.46. The van der Waals surface area contributed by atoms with Gasteiger partial charge in [-0.05, 0) is 110 Å². The lowest BCUT2D eigenvalue weighted by atomic mass is 10.0. The first kappa shape index (κ1) is 58.8. The van der Waals surface area contributed by atoms with Crippen molar-refractivity contribution < 1.29 is 19.1 Å². The third kappa shape index (κ3) is 32.2. The van der Waals surface area contributed by atoms with Crippen molar-refractivity contribution in [2.75, 3.05) is 31.5 Å². The van der Waals surface area contributed by atoms with Crippen LogP contribution in [0.15, 0.2) is 9.59 Å². The number of anilines is 1. The third-order valence-corrected chi connectivity index (χ3v) is 13.1. The van der Waals surface area contributed by atoms with Crippen molar-refractivity contribution in [3.8, 4) is 0 Å². The van der Waals surface area contributed by atoms with Crippen LogP contribution in [0.4, 0.5) is 5.69 Å². The molecule has 0 aromatic heterocycles. The Morgan fingerprint density at radius 1 is 0.444 bits per heavy atom. The van der Waals surface area contributed by atoms with Crippen LogP contribution in [0.2, 0.25) is 0 Å². The lowest BCUT2D eigenvalue weighted by Gasteiger charge is -2.23. The molecule has 1 rings (SSSR count). The minimum absolute atomic E-state index is 0.00170. The molecule has 0 heterocycles. The summed E-state index contributed by atoms with van der Waals surface area (Å²) in [5, 5.41) is 3.30. The number of ether oxygens (including phenoxy) is 2. The Bertz CT molecular complexity index is 1260. The Kier molecular flexibility index (Phi) is 39.6. The van der Waals surface area contributed by atoms with Gasteiger partial charge in [0.2, 0.25) is 10.9 Å². The maximum Gasteiger partial charge on any atom is 0.306 e. The van der Waals surface area contributed by atoms with Crippen molar-refractivity contribution in [3.05, 3.63) is 26.0 Å². The van der Waals surface area contributed by atoms with Crippen LogP contribution in [0, 0.1) is 0 Å². The van der Waals surface area contributed by atoms with Gasteiger partial charge in [0.1, 0.15) is 12.2 Å². The van der Waals surface area contributed by atoms with Crippen LogP contribution in [0.5, 0.6) is 0 Å². The van der Waals surface area contributed by atoms with Gasteiger partial charge in [-0.1, -0.05) is 176 Å². The highest BCUT2D eigenvalue weighted by atomic mass is 16.5. The molecule has 0 spiro atoms. The summed E-state index contributed by atoms with van der Waals surface area (Å²) >= 11 is 0. The normalized spacial score (nSPS) is 12.2. The average Bonchev–Trinajstić information content (AvgIpc) is 3.28. The molecule has 8 heteroatoms. The quantitative estimate of drug-likeness (QED) is 0.0392. The van der Waals surface area contributed by atoms with Gasteiger partial charge in [-0.15, -0.1) is 0 Å². The molecule has 0 bridgehead atoms. The lowest BCUT2D eigenvalue weighted by molar-refractivity contribution is -0.150. The van der Waals surface area contributed by atoms with E-state index in [1.54, 1.807) is 0 Å². The number of nitrogens with zero attached hydrogens (tertiary/aromatic N) is 1. The number of hydrogen-bond acceptors (Lipinski definition) is 8. The first-order valence-corrected chi connectivity index (χ1v) is 27.5. The van der Waals surface area contributed by atoms with E-state index in [0.29, 0.717) is 37.1 Å². The fourth-order valence-corrected chi connectivity index (χ4v) is 8.89. The molecule has 0 amide bonds. The van der Waals surface area contributed by atoms with Gasteiger partial charge in [0, 0.05) is 24.9 Å². The molecule has 1 aromatic carbocycles. The fraction of sp³-hybridized carbons (Fsp3) is 0.891. The van der Waals surface area contributed by atoms with Crippen LogP contribution in [-0.4, -0.2) is 55.2 Å². The molecular weight excluding hydrogens is 785 g/mol. The zero-order valence-electron chi connectivity index (χ0n) is 42.2. The molecule has 0 saturated heterocycles. The van der Waals surface area contributed by atoms with Crippen molar-refractivity contribution >= 4 is 17.6 Å². The summed E-state index contributed by atoms with van der Waals surface area (Å²) in [6, 6.07) is 0. The number of nitrogens with one attached hydrogen (secondary N) is 1. The van der Waals surface area contributed by atoms with Crippen molar-refractivity contribution in [2.24, 2.45) is 0 Å². The van der Waals surface area contributed by atoms with E-state index in [-0.39, 0.29) is 35.0 Å². The van der Waals surface area contributed by atoms with E-state index < -0.39 is 0 Å². The zero-order chi connectivity index (χ0) is 46.0. The van der Waals surface area contributed by atoms with E-state index in [9.17, 15) is 19.2 Å². The number of unbranched alkanes of at least 4 members (excludes halogenated alkanes) is 24. The highest BCUT2D eigenvalue weighted by molar-refractivity contribution is 5.69. The molecule has 1 aromatic rings.